The Bertz CT molecular complexity index is 502. The first-order valence-electron chi connectivity index (χ1n) is 7.63. The number of fused-ring (bicyclic) bond motifs is 2. The normalized spacial score (nSPS) is 28.6. The largest absolute Gasteiger partial charge is 0.311 e. The highest BCUT2D eigenvalue weighted by Gasteiger charge is 2.34. The SMILES string of the molecule is Cc1cc(F)ccc1CC(=O)CC1CC2CCC(C1)N2. The van der Waals surface area contributed by atoms with Gasteiger partial charge in [-0.05, 0) is 61.8 Å². The van der Waals surface area contributed by atoms with E-state index in [0.29, 0.717) is 36.6 Å². The lowest BCUT2D eigenvalue weighted by atomic mass is 9.87. The summed E-state index contributed by atoms with van der Waals surface area (Å²) in [4.78, 5) is 12.2. The molecule has 20 heavy (non-hydrogen) atoms. The number of nitrogens with one attached hydrogen (secondary N) is 1. The molecule has 0 amide bonds. The van der Waals surface area contributed by atoms with Crippen LogP contribution in [0.1, 0.15) is 43.2 Å². The molecule has 1 N–H and O–H groups in total. The molecule has 3 rings (SSSR count). The van der Waals surface area contributed by atoms with Crippen LogP contribution in [0.25, 0.3) is 0 Å². The Hall–Kier alpha value is -1.22. The zero-order valence-electron chi connectivity index (χ0n) is 12.0. The van der Waals surface area contributed by atoms with E-state index in [1.54, 1.807) is 6.07 Å². The maximum absolute atomic E-state index is 13.1. The van der Waals surface area contributed by atoms with E-state index in [-0.39, 0.29) is 5.82 Å². The van der Waals surface area contributed by atoms with Gasteiger partial charge in [-0.2, -0.15) is 0 Å². The lowest BCUT2D eigenvalue weighted by molar-refractivity contribution is -0.119. The van der Waals surface area contributed by atoms with Crippen molar-refractivity contribution in [2.24, 2.45) is 5.92 Å². The molecule has 2 aliphatic heterocycles. The molecule has 2 aliphatic rings. The van der Waals surface area contributed by atoms with Crippen LogP contribution in [-0.4, -0.2) is 17.9 Å². The van der Waals surface area contributed by atoms with Crippen LogP contribution in [0.3, 0.4) is 0 Å². The minimum atomic E-state index is -0.228. The van der Waals surface area contributed by atoms with Crippen molar-refractivity contribution in [1.29, 1.82) is 0 Å². The number of hydrogen-bond acceptors (Lipinski definition) is 2. The Kier molecular flexibility index (Phi) is 3.88. The fraction of sp³-hybridized carbons (Fsp3) is 0.588. The summed E-state index contributed by atoms with van der Waals surface area (Å²) in [5.74, 6) is 0.613. The van der Waals surface area contributed by atoms with Crippen molar-refractivity contribution in [2.75, 3.05) is 0 Å². The molecular weight excluding hydrogens is 253 g/mol. The van der Waals surface area contributed by atoms with Crippen molar-refractivity contribution >= 4 is 5.78 Å². The second kappa shape index (κ2) is 5.65. The summed E-state index contributed by atoms with van der Waals surface area (Å²) in [5.41, 5.74) is 1.84. The molecule has 3 heteroatoms. The molecule has 1 aromatic rings. The number of halogens is 1. The number of benzene rings is 1. The number of rotatable bonds is 4. The van der Waals surface area contributed by atoms with Gasteiger partial charge < -0.3 is 5.32 Å². The van der Waals surface area contributed by atoms with Gasteiger partial charge in [-0.25, -0.2) is 4.39 Å². The standard InChI is InChI=1S/C17H22FNO/c1-11-6-14(18)3-2-13(11)10-17(20)9-12-7-15-4-5-16(8-12)19-15/h2-3,6,12,15-16,19H,4-5,7-10H2,1H3. The Morgan fingerprint density at radius 2 is 2.00 bits per heavy atom. The van der Waals surface area contributed by atoms with Gasteiger partial charge >= 0.3 is 0 Å². The number of ketones is 1. The first-order chi connectivity index (χ1) is 9.60. The summed E-state index contributed by atoms with van der Waals surface area (Å²) >= 11 is 0. The third kappa shape index (κ3) is 3.09. The molecule has 2 fully saturated rings. The molecule has 2 heterocycles. The van der Waals surface area contributed by atoms with Gasteiger partial charge in [0.15, 0.2) is 0 Å². The second-order valence-electron chi connectivity index (χ2n) is 6.47. The van der Waals surface area contributed by atoms with Crippen molar-refractivity contribution < 1.29 is 9.18 Å². The third-order valence-electron chi connectivity index (χ3n) is 4.78. The molecule has 2 atom stereocenters. The van der Waals surface area contributed by atoms with E-state index in [1.165, 1.54) is 25.0 Å². The van der Waals surface area contributed by atoms with Gasteiger partial charge in [0.1, 0.15) is 11.6 Å². The van der Waals surface area contributed by atoms with Crippen LogP contribution in [0.2, 0.25) is 0 Å². The van der Waals surface area contributed by atoms with Gasteiger partial charge in [0.05, 0.1) is 0 Å². The number of carbonyl (C=O) groups excluding carboxylic acids is 1. The molecule has 0 saturated carbocycles. The highest BCUT2D eigenvalue weighted by Crippen LogP contribution is 2.33. The summed E-state index contributed by atoms with van der Waals surface area (Å²) in [6.45, 7) is 1.87. The maximum atomic E-state index is 13.1. The van der Waals surface area contributed by atoms with Crippen LogP contribution in [-0.2, 0) is 11.2 Å². The van der Waals surface area contributed by atoms with E-state index in [9.17, 15) is 9.18 Å². The monoisotopic (exact) mass is 275 g/mol. The molecule has 0 aliphatic carbocycles. The number of hydrogen-bond donors (Lipinski definition) is 1. The average molecular weight is 275 g/mol. The van der Waals surface area contributed by atoms with Crippen molar-refractivity contribution in [1.82, 2.24) is 5.32 Å². The molecule has 0 spiro atoms. The first kappa shape index (κ1) is 13.7. The summed E-state index contributed by atoms with van der Waals surface area (Å²) < 4.78 is 13.1. The minimum Gasteiger partial charge on any atom is -0.311 e. The number of piperidine rings is 1. The van der Waals surface area contributed by atoms with Gasteiger partial charge in [-0.1, -0.05) is 6.07 Å². The maximum Gasteiger partial charge on any atom is 0.137 e. The molecule has 2 nitrogen and oxygen atoms in total. The predicted octanol–water partition coefficient (Wildman–Crippen LogP) is 3.17. The molecule has 1 aromatic carbocycles. The van der Waals surface area contributed by atoms with Crippen LogP contribution >= 0.6 is 0 Å². The smallest absolute Gasteiger partial charge is 0.137 e. The molecule has 0 aromatic heterocycles. The van der Waals surface area contributed by atoms with E-state index in [2.05, 4.69) is 5.32 Å². The molecule has 0 radical (unpaired) electrons. The summed E-state index contributed by atoms with van der Waals surface area (Å²) in [5, 5.41) is 3.61. The fourth-order valence-electron chi connectivity index (χ4n) is 3.81. The molecule has 108 valence electrons. The molecule has 2 bridgehead atoms. The third-order valence-corrected chi connectivity index (χ3v) is 4.78. The Balaban J connectivity index is 1.57. The van der Waals surface area contributed by atoms with Crippen molar-refractivity contribution in [3.05, 3.63) is 35.1 Å². The van der Waals surface area contributed by atoms with Crippen molar-refractivity contribution in [3.8, 4) is 0 Å². The van der Waals surface area contributed by atoms with Gasteiger partial charge in [-0.15, -0.1) is 0 Å². The minimum absolute atomic E-state index is 0.228. The highest BCUT2D eigenvalue weighted by molar-refractivity contribution is 5.81. The van der Waals surface area contributed by atoms with Crippen LogP contribution in [0, 0.1) is 18.7 Å². The van der Waals surface area contributed by atoms with Crippen LogP contribution in [0.15, 0.2) is 18.2 Å². The van der Waals surface area contributed by atoms with E-state index in [1.807, 2.05) is 6.92 Å². The number of carbonyl (C=O) groups is 1. The molecule has 2 saturated heterocycles. The van der Waals surface area contributed by atoms with E-state index >= 15 is 0 Å². The number of Topliss-reactive ketones (excluding diaryl/α,β-unsaturated/α-hetero) is 1. The van der Waals surface area contributed by atoms with Crippen molar-refractivity contribution in [3.63, 3.8) is 0 Å². The Morgan fingerprint density at radius 3 is 2.65 bits per heavy atom. The van der Waals surface area contributed by atoms with E-state index in [4.69, 9.17) is 0 Å². The lowest BCUT2D eigenvalue weighted by Crippen LogP contribution is -2.38. The van der Waals surface area contributed by atoms with Crippen LogP contribution in [0.5, 0.6) is 0 Å². The zero-order chi connectivity index (χ0) is 14.1. The second-order valence-corrected chi connectivity index (χ2v) is 6.47. The van der Waals surface area contributed by atoms with E-state index < -0.39 is 0 Å². The quantitative estimate of drug-likeness (QED) is 0.914. The summed E-state index contributed by atoms with van der Waals surface area (Å²) in [6.07, 6.45) is 5.96. The Labute approximate surface area is 119 Å². The Morgan fingerprint density at radius 1 is 1.30 bits per heavy atom. The molecule has 2 unspecified atom stereocenters. The summed E-state index contributed by atoms with van der Waals surface area (Å²) in [7, 11) is 0. The van der Waals surface area contributed by atoms with Gasteiger partial charge in [0.2, 0.25) is 0 Å². The fourth-order valence-corrected chi connectivity index (χ4v) is 3.81. The van der Waals surface area contributed by atoms with Crippen molar-refractivity contribution in [2.45, 2.75) is 57.5 Å². The predicted molar refractivity (Wildman–Crippen MR) is 77.1 cm³/mol. The molecular formula is C17H22FNO. The summed E-state index contributed by atoms with van der Waals surface area (Å²) in [6, 6.07) is 5.97. The van der Waals surface area contributed by atoms with Crippen LogP contribution in [0.4, 0.5) is 4.39 Å². The first-order valence-corrected chi connectivity index (χ1v) is 7.63. The topological polar surface area (TPSA) is 29.1 Å². The van der Waals surface area contributed by atoms with E-state index in [0.717, 1.165) is 24.0 Å². The van der Waals surface area contributed by atoms with Gasteiger partial charge in [0.25, 0.3) is 0 Å². The van der Waals surface area contributed by atoms with Crippen LogP contribution < -0.4 is 5.32 Å². The highest BCUT2D eigenvalue weighted by atomic mass is 19.1. The average Bonchev–Trinajstić information content (AvgIpc) is 2.72. The lowest BCUT2D eigenvalue weighted by Gasteiger charge is -2.28. The van der Waals surface area contributed by atoms with Gasteiger partial charge in [0, 0.05) is 24.9 Å². The number of aryl methyl sites for hydroxylation is 1. The zero-order valence-corrected chi connectivity index (χ0v) is 12.0. The van der Waals surface area contributed by atoms with Gasteiger partial charge in [-0.3, -0.25) is 4.79 Å².